The van der Waals surface area contributed by atoms with E-state index in [0.29, 0.717) is 6.54 Å². The number of nitrogens with one attached hydrogen (secondary N) is 2. The number of carbonyl (C=O) groups excluding carboxylic acids is 2. The van der Waals surface area contributed by atoms with E-state index in [9.17, 15) is 9.59 Å². The number of ether oxygens (including phenoxy) is 2. The van der Waals surface area contributed by atoms with Crippen molar-refractivity contribution in [3.63, 3.8) is 0 Å². The van der Waals surface area contributed by atoms with Crippen LogP contribution >= 0.6 is 0 Å². The Bertz CT molecular complexity index is 778. The normalized spacial score (nSPS) is 12.4. The molecule has 0 fully saturated rings. The fourth-order valence-electron chi connectivity index (χ4n) is 2.77. The minimum Gasteiger partial charge on any atom is -0.467 e. The van der Waals surface area contributed by atoms with Crippen LogP contribution in [0.1, 0.15) is 26.3 Å². The van der Waals surface area contributed by atoms with E-state index in [1.165, 1.54) is 23.4 Å². The van der Waals surface area contributed by atoms with Gasteiger partial charge in [0.15, 0.2) is 0 Å². The first-order valence-electron chi connectivity index (χ1n) is 9.05. The van der Waals surface area contributed by atoms with E-state index in [-0.39, 0.29) is 6.54 Å². The molecule has 6 nitrogen and oxygen atoms in total. The van der Waals surface area contributed by atoms with Crippen molar-refractivity contribution in [2.45, 2.75) is 38.8 Å². The SMILES string of the molecule is COC(=O)[C@H](CNCCc1cccc2ccccc12)NC(=O)OC(C)(C)C. The first-order chi connectivity index (χ1) is 12.8. The Hall–Kier alpha value is -2.60. The summed E-state index contributed by atoms with van der Waals surface area (Å²) < 4.78 is 9.97. The zero-order valence-corrected chi connectivity index (χ0v) is 16.4. The van der Waals surface area contributed by atoms with E-state index in [4.69, 9.17) is 9.47 Å². The lowest BCUT2D eigenvalue weighted by Gasteiger charge is -2.22. The predicted octanol–water partition coefficient (Wildman–Crippen LogP) is 3.04. The molecule has 146 valence electrons. The van der Waals surface area contributed by atoms with Crippen LogP contribution in [0.3, 0.4) is 0 Å². The van der Waals surface area contributed by atoms with E-state index in [2.05, 4.69) is 34.9 Å². The molecule has 0 saturated carbocycles. The smallest absolute Gasteiger partial charge is 0.408 e. The van der Waals surface area contributed by atoms with Crippen LogP contribution in [-0.2, 0) is 20.7 Å². The zero-order valence-electron chi connectivity index (χ0n) is 16.4. The lowest BCUT2D eigenvalue weighted by atomic mass is 10.0. The first-order valence-corrected chi connectivity index (χ1v) is 9.05. The maximum absolute atomic E-state index is 11.9. The van der Waals surface area contributed by atoms with Crippen LogP contribution in [0.2, 0.25) is 0 Å². The molecule has 0 aliphatic rings. The van der Waals surface area contributed by atoms with Crippen LogP contribution in [-0.4, -0.2) is 43.9 Å². The van der Waals surface area contributed by atoms with E-state index in [1.807, 2.05) is 18.2 Å². The van der Waals surface area contributed by atoms with Gasteiger partial charge in [0.2, 0.25) is 0 Å². The quantitative estimate of drug-likeness (QED) is 0.577. The minimum absolute atomic E-state index is 0.261. The van der Waals surface area contributed by atoms with E-state index in [1.54, 1.807) is 20.8 Å². The third kappa shape index (κ3) is 6.57. The van der Waals surface area contributed by atoms with Crippen molar-refractivity contribution >= 4 is 22.8 Å². The molecule has 0 unspecified atom stereocenters. The van der Waals surface area contributed by atoms with Crippen molar-refractivity contribution in [1.82, 2.24) is 10.6 Å². The molecule has 6 heteroatoms. The van der Waals surface area contributed by atoms with Gasteiger partial charge in [-0.3, -0.25) is 0 Å². The molecule has 2 aromatic rings. The zero-order chi connectivity index (χ0) is 19.9. The van der Waals surface area contributed by atoms with E-state index >= 15 is 0 Å². The topological polar surface area (TPSA) is 76.7 Å². The molecule has 0 aliphatic heterocycles. The van der Waals surface area contributed by atoms with Gasteiger partial charge in [0, 0.05) is 6.54 Å². The van der Waals surface area contributed by atoms with Gasteiger partial charge in [0.05, 0.1) is 7.11 Å². The molecular formula is C21H28N2O4. The minimum atomic E-state index is -0.808. The molecule has 0 saturated heterocycles. The molecule has 0 heterocycles. The number of carbonyl (C=O) groups is 2. The highest BCUT2D eigenvalue weighted by molar-refractivity contribution is 5.85. The van der Waals surface area contributed by atoms with Gasteiger partial charge >= 0.3 is 12.1 Å². The highest BCUT2D eigenvalue weighted by atomic mass is 16.6. The molecule has 27 heavy (non-hydrogen) atoms. The van der Waals surface area contributed by atoms with Gasteiger partial charge in [-0.1, -0.05) is 42.5 Å². The fraction of sp³-hybridized carbons (Fsp3) is 0.429. The number of methoxy groups -OCH3 is 1. The van der Waals surface area contributed by atoms with Gasteiger partial charge in [-0.05, 0) is 50.1 Å². The monoisotopic (exact) mass is 372 g/mol. The highest BCUT2D eigenvalue weighted by Gasteiger charge is 2.24. The molecule has 2 aromatic carbocycles. The fourth-order valence-corrected chi connectivity index (χ4v) is 2.77. The molecule has 0 aromatic heterocycles. The number of rotatable bonds is 7. The van der Waals surface area contributed by atoms with Gasteiger partial charge in [0.1, 0.15) is 11.6 Å². The van der Waals surface area contributed by atoms with E-state index in [0.717, 1.165) is 6.42 Å². The lowest BCUT2D eigenvalue weighted by molar-refractivity contribution is -0.143. The molecule has 0 spiro atoms. The molecular weight excluding hydrogens is 344 g/mol. The Balaban J connectivity index is 1.89. The molecule has 0 radical (unpaired) electrons. The molecule has 0 aliphatic carbocycles. The Labute approximate surface area is 160 Å². The van der Waals surface area contributed by atoms with Crippen molar-refractivity contribution in [2.24, 2.45) is 0 Å². The summed E-state index contributed by atoms with van der Waals surface area (Å²) in [6, 6.07) is 13.7. The van der Waals surface area contributed by atoms with Crippen molar-refractivity contribution < 1.29 is 19.1 Å². The van der Waals surface area contributed by atoms with Gasteiger partial charge in [-0.25, -0.2) is 9.59 Å². The maximum Gasteiger partial charge on any atom is 0.408 e. The first kappa shape index (κ1) is 20.7. The molecule has 1 amide bonds. The second-order valence-corrected chi connectivity index (χ2v) is 7.31. The number of hydrogen-bond donors (Lipinski definition) is 2. The van der Waals surface area contributed by atoms with Crippen LogP contribution < -0.4 is 10.6 Å². The standard InChI is InChI=1S/C21H28N2O4/c1-21(2,3)27-20(25)23-18(19(24)26-4)14-22-13-12-16-10-7-9-15-8-5-6-11-17(15)16/h5-11,18,22H,12-14H2,1-4H3,(H,23,25)/t18-/m0/s1. The van der Waals surface area contributed by atoms with Gasteiger partial charge in [-0.15, -0.1) is 0 Å². The third-order valence-corrected chi connectivity index (χ3v) is 3.98. The number of alkyl carbamates (subject to hydrolysis) is 1. The van der Waals surface area contributed by atoms with Crippen molar-refractivity contribution in [3.8, 4) is 0 Å². The number of fused-ring (bicyclic) bond motifs is 1. The molecule has 2 rings (SSSR count). The Morgan fingerprint density at radius 1 is 1.07 bits per heavy atom. The van der Waals surface area contributed by atoms with Crippen molar-refractivity contribution in [2.75, 3.05) is 20.2 Å². The van der Waals surface area contributed by atoms with Crippen LogP contribution in [0.5, 0.6) is 0 Å². The number of esters is 1. The summed E-state index contributed by atoms with van der Waals surface area (Å²) in [4.78, 5) is 23.8. The summed E-state index contributed by atoms with van der Waals surface area (Å²) in [5.74, 6) is -0.515. The summed E-state index contributed by atoms with van der Waals surface area (Å²) in [6.45, 7) is 6.22. The average Bonchev–Trinajstić information content (AvgIpc) is 2.62. The highest BCUT2D eigenvalue weighted by Crippen LogP contribution is 2.18. The van der Waals surface area contributed by atoms with Crippen LogP contribution in [0.25, 0.3) is 10.8 Å². The second-order valence-electron chi connectivity index (χ2n) is 7.31. The van der Waals surface area contributed by atoms with Gasteiger partial charge in [0.25, 0.3) is 0 Å². The molecule has 1 atom stereocenters. The summed E-state index contributed by atoms with van der Waals surface area (Å²) in [5, 5.41) is 8.19. The van der Waals surface area contributed by atoms with Crippen LogP contribution in [0.4, 0.5) is 4.79 Å². The Morgan fingerprint density at radius 3 is 2.48 bits per heavy atom. The molecule has 2 N–H and O–H groups in total. The lowest BCUT2D eigenvalue weighted by Crippen LogP contribution is -2.49. The van der Waals surface area contributed by atoms with Gasteiger partial charge < -0.3 is 20.1 Å². The Morgan fingerprint density at radius 2 is 1.78 bits per heavy atom. The predicted molar refractivity (Wildman–Crippen MR) is 106 cm³/mol. The summed E-state index contributed by atoms with van der Waals surface area (Å²) in [5.41, 5.74) is 0.599. The van der Waals surface area contributed by atoms with Crippen LogP contribution in [0.15, 0.2) is 42.5 Å². The second kappa shape index (κ2) is 9.37. The van der Waals surface area contributed by atoms with Crippen LogP contribution in [0, 0.1) is 0 Å². The number of amides is 1. The van der Waals surface area contributed by atoms with E-state index < -0.39 is 23.7 Å². The van der Waals surface area contributed by atoms with Gasteiger partial charge in [-0.2, -0.15) is 0 Å². The summed E-state index contributed by atoms with van der Waals surface area (Å²) in [7, 11) is 1.29. The average molecular weight is 372 g/mol. The summed E-state index contributed by atoms with van der Waals surface area (Å²) in [6.07, 6.45) is 0.163. The summed E-state index contributed by atoms with van der Waals surface area (Å²) >= 11 is 0. The third-order valence-electron chi connectivity index (χ3n) is 3.98. The van der Waals surface area contributed by atoms with Crippen molar-refractivity contribution in [1.29, 1.82) is 0 Å². The number of hydrogen-bond acceptors (Lipinski definition) is 5. The number of benzene rings is 2. The Kier molecular flexibility index (Phi) is 7.19. The van der Waals surface area contributed by atoms with Crippen molar-refractivity contribution in [3.05, 3.63) is 48.0 Å². The maximum atomic E-state index is 11.9. The molecule has 0 bridgehead atoms. The largest absolute Gasteiger partial charge is 0.467 e.